The highest BCUT2D eigenvalue weighted by molar-refractivity contribution is 7.14. The molecule has 3 heterocycles. The quantitative estimate of drug-likeness (QED) is 0.878. The lowest BCUT2D eigenvalue weighted by atomic mass is 9.99. The number of rotatable bonds is 4. The van der Waals surface area contributed by atoms with E-state index in [2.05, 4.69) is 16.4 Å². The van der Waals surface area contributed by atoms with Crippen molar-refractivity contribution in [2.24, 2.45) is 7.05 Å². The standard InChI is InChI=1S/C20H26N4O2S/c1-3-19(25)21-11-18-22-14-8-9-24(12-15(14)23(18)2)20(26)17-10-13-6-4-5-7-16(13)27-17/h10H,3-9,11-12H2,1-2H3,(H,21,25). The predicted molar refractivity (Wildman–Crippen MR) is 105 cm³/mol. The second kappa shape index (κ2) is 7.46. The zero-order chi connectivity index (χ0) is 19.0. The number of thiophene rings is 1. The fourth-order valence-electron chi connectivity index (χ4n) is 3.93. The number of nitrogens with one attached hydrogen (secondary N) is 1. The van der Waals surface area contributed by atoms with E-state index < -0.39 is 0 Å². The monoisotopic (exact) mass is 386 g/mol. The molecule has 0 unspecified atom stereocenters. The summed E-state index contributed by atoms with van der Waals surface area (Å²) in [6.07, 6.45) is 5.93. The predicted octanol–water partition coefficient (Wildman–Crippen LogP) is 2.59. The molecular weight excluding hydrogens is 360 g/mol. The van der Waals surface area contributed by atoms with Crippen LogP contribution in [0.4, 0.5) is 0 Å². The van der Waals surface area contributed by atoms with Gasteiger partial charge in [0.15, 0.2) is 0 Å². The number of hydrogen-bond donors (Lipinski definition) is 1. The van der Waals surface area contributed by atoms with Crippen LogP contribution in [0.1, 0.15) is 63.5 Å². The maximum absolute atomic E-state index is 13.0. The Bertz CT molecular complexity index is 859. The molecule has 0 bridgehead atoms. The van der Waals surface area contributed by atoms with Gasteiger partial charge in [0, 0.05) is 31.3 Å². The van der Waals surface area contributed by atoms with Gasteiger partial charge >= 0.3 is 0 Å². The molecule has 2 aromatic rings. The summed E-state index contributed by atoms with van der Waals surface area (Å²) >= 11 is 1.68. The molecule has 1 aliphatic carbocycles. The minimum absolute atomic E-state index is 0.0226. The molecule has 27 heavy (non-hydrogen) atoms. The van der Waals surface area contributed by atoms with Crippen molar-refractivity contribution in [3.05, 3.63) is 38.6 Å². The van der Waals surface area contributed by atoms with Crippen molar-refractivity contribution in [1.82, 2.24) is 19.8 Å². The van der Waals surface area contributed by atoms with Gasteiger partial charge in [-0.25, -0.2) is 4.98 Å². The highest BCUT2D eigenvalue weighted by Gasteiger charge is 2.28. The first-order valence-electron chi connectivity index (χ1n) is 9.77. The Morgan fingerprint density at radius 3 is 2.85 bits per heavy atom. The van der Waals surface area contributed by atoms with Crippen LogP contribution in [0.15, 0.2) is 6.07 Å². The van der Waals surface area contributed by atoms with Crippen LogP contribution in [-0.2, 0) is 44.2 Å². The van der Waals surface area contributed by atoms with Gasteiger partial charge in [0.2, 0.25) is 5.91 Å². The van der Waals surface area contributed by atoms with Crippen molar-refractivity contribution in [2.45, 2.75) is 58.5 Å². The number of aryl methyl sites for hydroxylation is 2. The summed E-state index contributed by atoms with van der Waals surface area (Å²) in [5.74, 6) is 1.01. The van der Waals surface area contributed by atoms with E-state index in [4.69, 9.17) is 0 Å². The molecule has 0 aromatic carbocycles. The number of amides is 2. The first kappa shape index (κ1) is 18.2. The van der Waals surface area contributed by atoms with E-state index in [9.17, 15) is 9.59 Å². The van der Waals surface area contributed by atoms with Gasteiger partial charge < -0.3 is 14.8 Å². The number of aromatic nitrogens is 2. The van der Waals surface area contributed by atoms with Crippen LogP contribution in [0.25, 0.3) is 0 Å². The molecule has 0 atom stereocenters. The Morgan fingerprint density at radius 2 is 2.07 bits per heavy atom. The first-order valence-corrected chi connectivity index (χ1v) is 10.6. The van der Waals surface area contributed by atoms with Gasteiger partial charge in [0.25, 0.3) is 5.91 Å². The van der Waals surface area contributed by atoms with Gasteiger partial charge in [-0.15, -0.1) is 11.3 Å². The summed E-state index contributed by atoms with van der Waals surface area (Å²) in [7, 11) is 1.97. The number of nitrogens with zero attached hydrogens (tertiary/aromatic N) is 3. The molecule has 2 aromatic heterocycles. The van der Waals surface area contributed by atoms with Crippen LogP contribution in [0.5, 0.6) is 0 Å². The van der Waals surface area contributed by atoms with Crippen LogP contribution >= 0.6 is 11.3 Å². The van der Waals surface area contributed by atoms with E-state index in [1.54, 1.807) is 11.3 Å². The molecule has 6 nitrogen and oxygen atoms in total. The van der Waals surface area contributed by atoms with Gasteiger partial charge in [-0.3, -0.25) is 9.59 Å². The number of carbonyl (C=O) groups is 2. The SMILES string of the molecule is CCC(=O)NCc1nc2c(n1C)CN(C(=O)c1cc3c(s1)CCCC3)CC2. The topological polar surface area (TPSA) is 67.2 Å². The van der Waals surface area contributed by atoms with Crippen LogP contribution in [0.3, 0.4) is 0 Å². The summed E-state index contributed by atoms with van der Waals surface area (Å²) in [5.41, 5.74) is 3.51. The molecule has 0 saturated carbocycles. The van der Waals surface area contributed by atoms with Crippen molar-refractivity contribution in [2.75, 3.05) is 6.54 Å². The number of hydrogen-bond acceptors (Lipinski definition) is 4. The second-order valence-electron chi connectivity index (χ2n) is 7.35. The minimum atomic E-state index is 0.0226. The van der Waals surface area contributed by atoms with E-state index in [1.807, 2.05) is 23.4 Å². The summed E-state index contributed by atoms with van der Waals surface area (Å²) in [4.78, 5) is 33.5. The van der Waals surface area contributed by atoms with Crippen molar-refractivity contribution in [3.8, 4) is 0 Å². The highest BCUT2D eigenvalue weighted by atomic mass is 32.1. The zero-order valence-electron chi connectivity index (χ0n) is 16.0. The second-order valence-corrected chi connectivity index (χ2v) is 8.49. The Hall–Kier alpha value is -2.15. The molecule has 4 rings (SSSR count). The third-order valence-electron chi connectivity index (χ3n) is 5.61. The van der Waals surface area contributed by atoms with E-state index in [-0.39, 0.29) is 11.8 Å². The van der Waals surface area contributed by atoms with E-state index in [0.29, 0.717) is 26.1 Å². The van der Waals surface area contributed by atoms with Crippen LogP contribution in [-0.4, -0.2) is 32.8 Å². The van der Waals surface area contributed by atoms with Gasteiger partial charge in [-0.05, 0) is 37.3 Å². The highest BCUT2D eigenvalue weighted by Crippen LogP contribution is 2.31. The van der Waals surface area contributed by atoms with Gasteiger partial charge in [0.05, 0.1) is 29.4 Å². The molecule has 2 amide bonds. The fraction of sp³-hybridized carbons (Fsp3) is 0.550. The molecule has 7 heteroatoms. The molecule has 1 aliphatic heterocycles. The molecule has 1 N–H and O–H groups in total. The smallest absolute Gasteiger partial charge is 0.264 e. The largest absolute Gasteiger partial charge is 0.349 e. The lowest BCUT2D eigenvalue weighted by molar-refractivity contribution is -0.120. The van der Waals surface area contributed by atoms with Crippen LogP contribution in [0.2, 0.25) is 0 Å². The summed E-state index contributed by atoms with van der Waals surface area (Å²) in [6.45, 7) is 3.56. The average molecular weight is 387 g/mol. The number of carbonyl (C=O) groups excluding carboxylic acids is 2. The van der Waals surface area contributed by atoms with E-state index in [0.717, 1.165) is 41.4 Å². The first-order chi connectivity index (χ1) is 13.1. The summed E-state index contributed by atoms with van der Waals surface area (Å²) in [5, 5.41) is 2.89. The minimum Gasteiger partial charge on any atom is -0.349 e. The average Bonchev–Trinajstić information content (AvgIpc) is 3.26. The van der Waals surface area contributed by atoms with Crippen molar-refractivity contribution >= 4 is 23.2 Å². The Balaban J connectivity index is 1.49. The van der Waals surface area contributed by atoms with Gasteiger partial charge in [0.1, 0.15) is 5.82 Å². The Kier molecular flexibility index (Phi) is 5.04. The number of imidazole rings is 1. The van der Waals surface area contributed by atoms with Crippen LogP contribution < -0.4 is 5.32 Å². The normalized spacial score (nSPS) is 16.0. The van der Waals surface area contributed by atoms with Crippen molar-refractivity contribution in [1.29, 1.82) is 0 Å². The Labute approximate surface area is 163 Å². The van der Waals surface area contributed by atoms with Crippen molar-refractivity contribution in [3.63, 3.8) is 0 Å². The summed E-state index contributed by atoms with van der Waals surface area (Å²) in [6, 6.07) is 2.12. The van der Waals surface area contributed by atoms with E-state index in [1.165, 1.54) is 23.3 Å². The molecular formula is C20H26N4O2S. The molecule has 144 valence electrons. The number of fused-ring (bicyclic) bond motifs is 2. The lowest BCUT2D eigenvalue weighted by Crippen LogP contribution is -2.36. The molecule has 0 fully saturated rings. The van der Waals surface area contributed by atoms with Crippen LogP contribution in [0, 0.1) is 0 Å². The summed E-state index contributed by atoms with van der Waals surface area (Å²) < 4.78 is 2.03. The molecule has 0 radical (unpaired) electrons. The fourth-order valence-corrected chi connectivity index (χ4v) is 5.15. The zero-order valence-corrected chi connectivity index (χ0v) is 16.8. The van der Waals surface area contributed by atoms with Crippen molar-refractivity contribution < 1.29 is 9.59 Å². The third-order valence-corrected chi connectivity index (χ3v) is 6.83. The Morgan fingerprint density at radius 1 is 1.26 bits per heavy atom. The van der Waals surface area contributed by atoms with Gasteiger partial charge in [-0.1, -0.05) is 6.92 Å². The molecule has 2 aliphatic rings. The molecule has 0 spiro atoms. The maximum atomic E-state index is 13.0. The van der Waals surface area contributed by atoms with Gasteiger partial charge in [-0.2, -0.15) is 0 Å². The van der Waals surface area contributed by atoms with E-state index >= 15 is 0 Å². The molecule has 0 saturated heterocycles. The third kappa shape index (κ3) is 3.52. The lowest BCUT2D eigenvalue weighted by Gasteiger charge is -2.26. The maximum Gasteiger partial charge on any atom is 0.264 e.